The molecule has 3 aromatic carbocycles. The SMILES string of the molecule is COc1ccc(C(=O)Nc2ccc(SCc3cc4ccc(O)cc4oc3=O)cc2)cc1. The molecule has 0 fully saturated rings. The van der Waals surface area contributed by atoms with Crippen molar-refractivity contribution in [3.05, 3.63) is 94.3 Å². The van der Waals surface area contributed by atoms with E-state index in [9.17, 15) is 14.7 Å². The highest BCUT2D eigenvalue weighted by molar-refractivity contribution is 7.98. The minimum absolute atomic E-state index is 0.0527. The Labute approximate surface area is 182 Å². The molecule has 0 aliphatic carbocycles. The Balaban J connectivity index is 1.40. The molecule has 6 nitrogen and oxygen atoms in total. The number of anilines is 1. The number of benzene rings is 3. The van der Waals surface area contributed by atoms with Gasteiger partial charge in [-0.25, -0.2) is 4.79 Å². The zero-order chi connectivity index (χ0) is 21.8. The molecule has 156 valence electrons. The number of rotatable bonds is 6. The second kappa shape index (κ2) is 8.97. The van der Waals surface area contributed by atoms with Crippen molar-refractivity contribution in [1.82, 2.24) is 0 Å². The lowest BCUT2D eigenvalue weighted by molar-refractivity contribution is 0.102. The number of nitrogens with one attached hydrogen (secondary N) is 1. The number of carbonyl (C=O) groups is 1. The minimum atomic E-state index is -0.422. The van der Waals surface area contributed by atoms with Gasteiger partial charge in [0.1, 0.15) is 17.1 Å². The number of phenolic OH excluding ortho intramolecular Hbond substituents is 1. The van der Waals surface area contributed by atoms with Gasteiger partial charge in [0.15, 0.2) is 0 Å². The molecule has 1 amide bonds. The van der Waals surface area contributed by atoms with Gasteiger partial charge in [0, 0.05) is 38.9 Å². The fraction of sp³-hybridized carbons (Fsp3) is 0.0833. The molecular formula is C24H19NO5S. The molecule has 0 saturated carbocycles. The Morgan fingerprint density at radius 1 is 1.03 bits per heavy atom. The number of aromatic hydroxyl groups is 1. The second-order valence-electron chi connectivity index (χ2n) is 6.78. The summed E-state index contributed by atoms with van der Waals surface area (Å²) < 4.78 is 10.4. The summed E-state index contributed by atoms with van der Waals surface area (Å²) in [6.07, 6.45) is 0. The first-order valence-electron chi connectivity index (χ1n) is 9.46. The molecule has 7 heteroatoms. The Kier molecular flexibility index (Phi) is 5.95. The quantitative estimate of drug-likeness (QED) is 0.327. The average Bonchev–Trinajstić information content (AvgIpc) is 2.78. The summed E-state index contributed by atoms with van der Waals surface area (Å²) in [7, 11) is 1.58. The van der Waals surface area contributed by atoms with Crippen molar-refractivity contribution in [3.63, 3.8) is 0 Å². The summed E-state index contributed by atoms with van der Waals surface area (Å²) in [5.74, 6) is 0.979. The highest BCUT2D eigenvalue weighted by Gasteiger charge is 2.09. The van der Waals surface area contributed by atoms with Crippen LogP contribution in [-0.2, 0) is 5.75 Å². The van der Waals surface area contributed by atoms with Crippen LogP contribution in [0.3, 0.4) is 0 Å². The van der Waals surface area contributed by atoms with Gasteiger partial charge in [-0.05, 0) is 66.7 Å². The van der Waals surface area contributed by atoms with E-state index in [2.05, 4.69) is 5.32 Å². The molecule has 0 radical (unpaired) electrons. The van der Waals surface area contributed by atoms with Gasteiger partial charge in [0.2, 0.25) is 0 Å². The van der Waals surface area contributed by atoms with Gasteiger partial charge in [-0.15, -0.1) is 11.8 Å². The third-order valence-electron chi connectivity index (χ3n) is 4.65. The summed E-state index contributed by atoms with van der Waals surface area (Å²) in [6, 6.07) is 20.7. The monoisotopic (exact) mass is 433 g/mol. The number of amides is 1. The van der Waals surface area contributed by atoms with Crippen LogP contribution in [0.25, 0.3) is 11.0 Å². The zero-order valence-corrected chi connectivity index (χ0v) is 17.4. The molecular weight excluding hydrogens is 414 g/mol. The number of phenols is 1. The average molecular weight is 433 g/mol. The normalized spacial score (nSPS) is 10.7. The number of methoxy groups -OCH3 is 1. The van der Waals surface area contributed by atoms with E-state index in [1.807, 2.05) is 24.3 Å². The van der Waals surface area contributed by atoms with Crippen LogP contribution in [0.15, 0.2) is 86.9 Å². The number of ether oxygens (including phenoxy) is 1. The Morgan fingerprint density at radius 3 is 2.48 bits per heavy atom. The lowest BCUT2D eigenvalue weighted by atomic mass is 10.2. The summed E-state index contributed by atoms with van der Waals surface area (Å²) in [5, 5.41) is 13.1. The van der Waals surface area contributed by atoms with E-state index in [-0.39, 0.29) is 11.7 Å². The maximum absolute atomic E-state index is 12.4. The van der Waals surface area contributed by atoms with Crippen molar-refractivity contribution in [1.29, 1.82) is 0 Å². The summed E-state index contributed by atoms with van der Waals surface area (Å²) >= 11 is 1.49. The van der Waals surface area contributed by atoms with Crippen LogP contribution in [-0.4, -0.2) is 18.1 Å². The molecule has 31 heavy (non-hydrogen) atoms. The van der Waals surface area contributed by atoms with E-state index in [0.717, 1.165) is 10.3 Å². The second-order valence-corrected chi connectivity index (χ2v) is 7.83. The van der Waals surface area contributed by atoms with Crippen LogP contribution in [0.5, 0.6) is 11.5 Å². The van der Waals surface area contributed by atoms with Crippen LogP contribution in [0.4, 0.5) is 5.69 Å². The molecule has 0 unspecified atom stereocenters. The van der Waals surface area contributed by atoms with Gasteiger partial charge in [-0.3, -0.25) is 4.79 Å². The number of hydrogen-bond donors (Lipinski definition) is 2. The lowest BCUT2D eigenvalue weighted by Crippen LogP contribution is -2.11. The van der Waals surface area contributed by atoms with Gasteiger partial charge < -0.3 is 19.6 Å². The molecule has 4 rings (SSSR count). The third kappa shape index (κ3) is 4.90. The number of carbonyl (C=O) groups excluding carboxylic acids is 1. The molecule has 0 aliphatic heterocycles. The highest BCUT2D eigenvalue weighted by atomic mass is 32.2. The smallest absolute Gasteiger partial charge is 0.340 e. The molecule has 0 atom stereocenters. The Bertz CT molecular complexity index is 1280. The Hall–Kier alpha value is -3.71. The van der Waals surface area contributed by atoms with Gasteiger partial charge in [-0.1, -0.05) is 0 Å². The lowest BCUT2D eigenvalue weighted by Gasteiger charge is -2.07. The van der Waals surface area contributed by atoms with E-state index in [4.69, 9.17) is 9.15 Å². The fourth-order valence-corrected chi connectivity index (χ4v) is 3.84. The maximum atomic E-state index is 12.4. The van der Waals surface area contributed by atoms with Crippen molar-refractivity contribution >= 4 is 34.3 Å². The summed E-state index contributed by atoms with van der Waals surface area (Å²) in [5.41, 5.74) is 1.69. The van der Waals surface area contributed by atoms with E-state index < -0.39 is 5.63 Å². The minimum Gasteiger partial charge on any atom is -0.508 e. The molecule has 0 saturated heterocycles. The predicted molar refractivity (Wildman–Crippen MR) is 121 cm³/mol. The molecule has 1 heterocycles. The first-order valence-corrected chi connectivity index (χ1v) is 10.4. The molecule has 0 aliphatic rings. The highest BCUT2D eigenvalue weighted by Crippen LogP contribution is 2.26. The fourth-order valence-electron chi connectivity index (χ4n) is 2.98. The van der Waals surface area contributed by atoms with E-state index in [1.165, 1.54) is 17.8 Å². The van der Waals surface area contributed by atoms with Crippen LogP contribution in [0.2, 0.25) is 0 Å². The molecule has 0 bridgehead atoms. The van der Waals surface area contributed by atoms with E-state index >= 15 is 0 Å². The number of hydrogen-bond acceptors (Lipinski definition) is 6. The van der Waals surface area contributed by atoms with Crippen LogP contribution < -0.4 is 15.7 Å². The molecule has 0 spiro atoms. The van der Waals surface area contributed by atoms with Gasteiger partial charge >= 0.3 is 5.63 Å². The largest absolute Gasteiger partial charge is 0.508 e. The van der Waals surface area contributed by atoms with Crippen molar-refractivity contribution in [2.75, 3.05) is 12.4 Å². The van der Waals surface area contributed by atoms with E-state index in [1.54, 1.807) is 49.6 Å². The van der Waals surface area contributed by atoms with Gasteiger partial charge in [0.05, 0.1) is 7.11 Å². The van der Waals surface area contributed by atoms with Gasteiger partial charge in [0.25, 0.3) is 5.91 Å². The van der Waals surface area contributed by atoms with Crippen molar-refractivity contribution in [3.8, 4) is 11.5 Å². The standard InChI is InChI=1S/C24H19NO5S/c1-29-20-8-3-15(4-9-20)23(27)25-18-5-10-21(11-6-18)31-14-17-12-16-2-7-19(26)13-22(16)30-24(17)28/h2-13,26H,14H2,1H3,(H,25,27). The van der Waals surface area contributed by atoms with E-state index in [0.29, 0.717) is 33.9 Å². The zero-order valence-electron chi connectivity index (χ0n) is 16.6. The van der Waals surface area contributed by atoms with Crippen LogP contribution in [0, 0.1) is 0 Å². The first-order chi connectivity index (χ1) is 15.0. The first kappa shape index (κ1) is 20.6. The van der Waals surface area contributed by atoms with Crippen molar-refractivity contribution < 1.29 is 19.1 Å². The van der Waals surface area contributed by atoms with Gasteiger partial charge in [-0.2, -0.15) is 0 Å². The molecule has 4 aromatic rings. The van der Waals surface area contributed by atoms with Crippen molar-refractivity contribution in [2.45, 2.75) is 10.6 Å². The summed E-state index contributed by atoms with van der Waals surface area (Å²) in [6.45, 7) is 0. The topological polar surface area (TPSA) is 88.8 Å². The Morgan fingerprint density at radius 2 is 1.77 bits per heavy atom. The number of fused-ring (bicyclic) bond motifs is 1. The van der Waals surface area contributed by atoms with Crippen LogP contribution >= 0.6 is 11.8 Å². The maximum Gasteiger partial charge on any atom is 0.340 e. The molecule has 2 N–H and O–H groups in total. The van der Waals surface area contributed by atoms with Crippen LogP contribution in [0.1, 0.15) is 15.9 Å². The third-order valence-corrected chi connectivity index (χ3v) is 5.71. The molecule has 1 aromatic heterocycles. The summed E-state index contributed by atoms with van der Waals surface area (Å²) in [4.78, 5) is 25.5. The van der Waals surface area contributed by atoms with Crippen molar-refractivity contribution in [2.24, 2.45) is 0 Å². The number of thioether (sulfide) groups is 1. The predicted octanol–water partition coefficient (Wildman–Crippen LogP) is 5.05.